The van der Waals surface area contributed by atoms with Crippen molar-refractivity contribution in [3.05, 3.63) is 41.8 Å². The predicted molar refractivity (Wildman–Crippen MR) is 131 cm³/mol. The number of ether oxygens (including phenoxy) is 4. The molecule has 3 aromatic rings. The van der Waals surface area contributed by atoms with Gasteiger partial charge in [0.05, 0.1) is 39.0 Å². The zero-order valence-electron chi connectivity index (χ0n) is 19.5. The van der Waals surface area contributed by atoms with E-state index in [1.54, 1.807) is 52.7 Å². The highest BCUT2D eigenvalue weighted by atomic mass is 32.2. The summed E-state index contributed by atoms with van der Waals surface area (Å²) >= 11 is 1.52. The summed E-state index contributed by atoms with van der Waals surface area (Å²) in [7, 11) is 2.71. The van der Waals surface area contributed by atoms with Gasteiger partial charge in [-0.25, -0.2) is 13.4 Å². The van der Waals surface area contributed by atoms with Crippen molar-refractivity contribution >= 4 is 26.5 Å². The van der Waals surface area contributed by atoms with Crippen LogP contribution >= 0.6 is 11.3 Å². The SMILES string of the molecule is COc1ccc(S(=O)(=O)N2CCN(c3nc(-c4cc(OC)c(OC)c(OC)c4)cs3)CC2)cc1. The average Bonchev–Trinajstić information content (AvgIpc) is 3.38. The Labute approximate surface area is 203 Å². The summed E-state index contributed by atoms with van der Waals surface area (Å²) in [6.45, 7) is 1.87. The van der Waals surface area contributed by atoms with E-state index in [1.165, 1.54) is 15.6 Å². The van der Waals surface area contributed by atoms with Crippen LogP contribution in [0.15, 0.2) is 46.7 Å². The number of piperazine rings is 1. The smallest absolute Gasteiger partial charge is 0.243 e. The first-order valence-electron chi connectivity index (χ1n) is 10.6. The van der Waals surface area contributed by atoms with Gasteiger partial charge >= 0.3 is 0 Å². The molecule has 0 atom stereocenters. The topological polar surface area (TPSA) is 90.4 Å². The van der Waals surface area contributed by atoms with Gasteiger partial charge in [0.2, 0.25) is 15.8 Å². The number of rotatable bonds is 8. The molecule has 1 aromatic heterocycles. The van der Waals surface area contributed by atoms with Crippen LogP contribution in [0.4, 0.5) is 5.13 Å². The van der Waals surface area contributed by atoms with Gasteiger partial charge in [0.25, 0.3) is 0 Å². The predicted octanol–water partition coefficient (Wildman–Crippen LogP) is 3.36. The number of benzene rings is 2. The van der Waals surface area contributed by atoms with E-state index in [4.69, 9.17) is 23.9 Å². The molecule has 2 heterocycles. The molecule has 34 heavy (non-hydrogen) atoms. The van der Waals surface area contributed by atoms with Crippen LogP contribution in [0.1, 0.15) is 0 Å². The molecule has 0 radical (unpaired) electrons. The highest BCUT2D eigenvalue weighted by Gasteiger charge is 2.29. The monoisotopic (exact) mass is 505 g/mol. The van der Waals surface area contributed by atoms with Crippen molar-refractivity contribution < 1.29 is 27.4 Å². The van der Waals surface area contributed by atoms with Crippen molar-refractivity contribution in [3.63, 3.8) is 0 Å². The lowest BCUT2D eigenvalue weighted by molar-refractivity contribution is 0.324. The second-order valence-corrected chi connectivity index (χ2v) is 10.3. The highest BCUT2D eigenvalue weighted by molar-refractivity contribution is 7.89. The van der Waals surface area contributed by atoms with Crippen LogP contribution in [-0.2, 0) is 10.0 Å². The summed E-state index contributed by atoms with van der Waals surface area (Å²) in [5, 5.41) is 2.81. The summed E-state index contributed by atoms with van der Waals surface area (Å²) < 4.78 is 48.9. The zero-order chi connectivity index (χ0) is 24.3. The maximum atomic E-state index is 13.0. The Kier molecular flexibility index (Phi) is 7.15. The first-order valence-corrected chi connectivity index (χ1v) is 12.9. The molecule has 0 N–H and O–H groups in total. The van der Waals surface area contributed by atoms with Crippen molar-refractivity contribution in [1.29, 1.82) is 0 Å². The molecule has 11 heteroatoms. The molecule has 0 aliphatic carbocycles. The van der Waals surface area contributed by atoms with Crippen molar-refractivity contribution in [3.8, 4) is 34.3 Å². The molecule has 182 valence electrons. The lowest BCUT2D eigenvalue weighted by atomic mass is 10.1. The normalized spacial score (nSPS) is 14.6. The van der Waals surface area contributed by atoms with Crippen LogP contribution in [0.5, 0.6) is 23.0 Å². The third-order valence-electron chi connectivity index (χ3n) is 5.66. The minimum absolute atomic E-state index is 0.265. The van der Waals surface area contributed by atoms with Crippen LogP contribution in [0.3, 0.4) is 0 Å². The number of hydrogen-bond acceptors (Lipinski definition) is 9. The maximum Gasteiger partial charge on any atom is 0.243 e. The molecule has 0 unspecified atom stereocenters. The van der Waals surface area contributed by atoms with E-state index in [0.717, 1.165) is 16.4 Å². The van der Waals surface area contributed by atoms with Crippen LogP contribution in [0.25, 0.3) is 11.3 Å². The average molecular weight is 506 g/mol. The van der Waals surface area contributed by atoms with E-state index in [1.807, 2.05) is 17.5 Å². The van der Waals surface area contributed by atoms with E-state index < -0.39 is 10.0 Å². The van der Waals surface area contributed by atoms with Crippen molar-refractivity contribution in [2.75, 3.05) is 59.5 Å². The Morgan fingerprint density at radius 2 is 1.47 bits per heavy atom. The summed E-state index contributed by atoms with van der Waals surface area (Å²) in [4.78, 5) is 7.15. The van der Waals surface area contributed by atoms with Gasteiger partial charge in [0, 0.05) is 37.1 Å². The first-order chi connectivity index (χ1) is 16.4. The second kappa shape index (κ2) is 10.1. The molecule has 1 fully saturated rings. The Hall–Kier alpha value is -3.02. The molecule has 0 saturated carbocycles. The lowest BCUT2D eigenvalue weighted by Gasteiger charge is -2.33. The summed E-state index contributed by atoms with van der Waals surface area (Å²) in [6.07, 6.45) is 0. The molecule has 4 rings (SSSR count). The van der Waals surface area contributed by atoms with Crippen molar-refractivity contribution in [1.82, 2.24) is 9.29 Å². The van der Waals surface area contributed by atoms with Crippen LogP contribution in [0, 0.1) is 0 Å². The van der Waals surface area contributed by atoms with Crippen molar-refractivity contribution in [2.24, 2.45) is 0 Å². The molecule has 0 bridgehead atoms. The maximum absolute atomic E-state index is 13.0. The van der Waals surface area contributed by atoms with Gasteiger partial charge in [-0.2, -0.15) is 4.31 Å². The molecule has 9 nitrogen and oxygen atoms in total. The number of aromatic nitrogens is 1. The summed E-state index contributed by atoms with van der Waals surface area (Å²) in [6, 6.07) is 10.2. The molecule has 1 aliphatic rings. The third-order valence-corrected chi connectivity index (χ3v) is 8.47. The summed E-state index contributed by atoms with van der Waals surface area (Å²) in [5.74, 6) is 2.27. The Balaban J connectivity index is 1.48. The first kappa shape index (κ1) is 24.1. The van der Waals surface area contributed by atoms with Gasteiger partial charge < -0.3 is 23.8 Å². The van der Waals surface area contributed by atoms with Gasteiger partial charge in [-0.15, -0.1) is 11.3 Å². The van der Waals surface area contributed by atoms with Crippen LogP contribution < -0.4 is 23.8 Å². The van der Waals surface area contributed by atoms with Gasteiger partial charge in [-0.3, -0.25) is 0 Å². The van der Waals surface area contributed by atoms with E-state index in [-0.39, 0.29) is 4.90 Å². The van der Waals surface area contributed by atoms with Gasteiger partial charge in [-0.05, 0) is 36.4 Å². The highest BCUT2D eigenvalue weighted by Crippen LogP contribution is 2.42. The molecule has 0 spiro atoms. The number of hydrogen-bond donors (Lipinski definition) is 0. The third kappa shape index (κ3) is 4.63. The number of thiazole rings is 1. The Morgan fingerprint density at radius 3 is 2.00 bits per heavy atom. The second-order valence-electron chi connectivity index (χ2n) is 7.50. The molecule has 1 aliphatic heterocycles. The van der Waals surface area contributed by atoms with E-state index in [2.05, 4.69) is 4.90 Å². The van der Waals surface area contributed by atoms with Gasteiger partial charge in [-0.1, -0.05) is 0 Å². The lowest BCUT2D eigenvalue weighted by Crippen LogP contribution is -2.48. The van der Waals surface area contributed by atoms with Crippen molar-refractivity contribution in [2.45, 2.75) is 4.90 Å². The number of methoxy groups -OCH3 is 4. The zero-order valence-corrected chi connectivity index (χ0v) is 21.1. The summed E-state index contributed by atoms with van der Waals surface area (Å²) in [5.41, 5.74) is 1.63. The number of sulfonamides is 1. The van der Waals surface area contributed by atoms with E-state index in [0.29, 0.717) is 49.2 Å². The largest absolute Gasteiger partial charge is 0.497 e. The number of nitrogens with zero attached hydrogens (tertiary/aromatic N) is 3. The standard InChI is InChI=1S/C23H27N3O6S2/c1-29-17-5-7-18(8-6-17)34(27,28)26-11-9-25(10-12-26)23-24-19(15-33-23)16-13-20(30-2)22(32-4)21(14-16)31-3/h5-8,13-15H,9-12H2,1-4H3. The quantitative estimate of drug-likeness (QED) is 0.460. The van der Waals surface area contributed by atoms with E-state index >= 15 is 0 Å². The Morgan fingerprint density at radius 1 is 0.853 bits per heavy atom. The number of anilines is 1. The molecule has 1 saturated heterocycles. The van der Waals surface area contributed by atoms with E-state index in [9.17, 15) is 8.42 Å². The fourth-order valence-corrected chi connectivity index (χ4v) is 6.10. The molecule has 2 aromatic carbocycles. The molecular formula is C23H27N3O6S2. The molecular weight excluding hydrogens is 478 g/mol. The van der Waals surface area contributed by atoms with Gasteiger partial charge in [0.15, 0.2) is 16.6 Å². The fraction of sp³-hybridized carbons (Fsp3) is 0.348. The van der Waals surface area contributed by atoms with Crippen LogP contribution in [-0.4, -0.2) is 72.3 Å². The van der Waals surface area contributed by atoms with Gasteiger partial charge in [0.1, 0.15) is 5.75 Å². The minimum atomic E-state index is -3.56. The minimum Gasteiger partial charge on any atom is -0.497 e. The Bertz CT molecular complexity index is 1210. The molecule has 0 amide bonds. The van der Waals surface area contributed by atoms with Crippen LogP contribution in [0.2, 0.25) is 0 Å². The fourth-order valence-electron chi connectivity index (χ4n) is 3.79.